The standard InChI is InChI=1S/C13H23NS/c1-3-4-5-6-7-9-14-12(2)13-8-10-15-11-13/h8,10-12,14H,3-7,9H2,1-2H3. The molecule has 1 rings (SSSR count). The molecule has 0 spiro atoms. The lowest BCUT2D eigenvalue weighted by molar-refractivity contribution is 0.532. The molecule has 2 heteroatoms. The average Bonchev–Trinajstić information content (AvgIpc) is 2.76. The van der Waals surface area contributed by atoms with Crippen LogP contribution >= 0.6 is 11.3 Å². The first-order valence-corrected chi connectivity index (χ1v) is 7.04. The second-order valence-corrected chi connectivity index (χ2v) is 4.93. The van der Waals surface area contributed by atoms with Gasteiger partial charge in [-0.2, -0.15) is 11.3 Å². The van der Waals surface area contributed by atoms with Crippen LogP contribution in [-0.2, 0) is 0 Å². The molecule has 1 unspecified atom stereocenters. The van der Waals surface area contributed by atoms with Gasteiger partial charge in [-0.3, -0.25) is 0 Å². The molecule has 1 atom stereocenters. The fourth-order valence-corrected chi connectivity index (χ4v) is 2.44. The maximum Gasteiger partial charge on any atom is 0.0300 e. The van der Waals surface area contributed by atoms with Crippen molar-refractivity contribution in [2.24, 2.45) is 0 Å². The molecule has 0 aromatic carbocycles. The third kappa shape index (κ3) is 5.33. The first-order valence-electron chi connectivity index (χ1n) is 6.10. The molecule has 0 saturated carbocycles. The number of hydrogen-bond donors (Lipinski definition) is 1. The molecule has 0 amide bonds. The Balaban J connectivity index is 2.00. The minimum atomic E-state index is 0.516. The van der Waals surface area contributed by atoms with Gasteiger partial charge in [0.05, 0.1) is 0 Å². The number of hydrogen-bond acceptors (Lipinski definition) is 2. The van der Waals surface area contributed by atoms with Gasteiger partial charge in [-0.1, -0.05) is 32.6 Å². The van der Waals surface area contributed by atoms with Crippen LogP contribution in [0, 0.1) is 0 Å². The van der Waals surface area contributed by atoms with Crippen molar-refractivity contribution in [3.63, 3.8) is 0 Å². The highest BCUT2D eigenvalue weighted by atomic mass is 32.1. The van der Waals surface area contributed by atoms with Crippen molar-refractivity contribution in [3.05, 3.63) is 22.4 Å². The molecular weight excluding hydrogens is 202 g/mol. The summed E-state index contributed by atoms with van der Waals surface area (Å²) < 4.78 is 0. The second kappa shape index (κ2) is 7.89. The zero-order chi connectivity index (χ0) is 10.9. The van der Waals surface area contributed by atoms with Gasteiger partial charge in [-0.15, -0.1) is 0 Å². The van der Waals surface area contributed by atoms with Crippen LogP contribution in [0.15, 0.2) is 16.8 Å². The van der Waals surface area contributed by atoms with Gasteiger partial charge >= 0.3 is 0 Å². The predicted octanol–water partition coefficient (Wildman–Crippen LogP) is 4.37. The van der Waals surface area contributed by atoms with Crippen molar-refractivity contribution >= 4 is 11.3 Å². The van der Waals surface area contributed by atoms with Gasteiger partial charge in [0.15, 0.2) is 0 Å². The highest BCUT2D eigenvalue weighted by molar-refractivity contribution is 7.07. The summed E-state index contributed by atoms with van der Waals surface area (Å²) in [6.45, 7) is 5.66. The minimum absolute atomic E-state index is 0.516. The summed E-state index contributed by atoms with van der Waals surface area (Å²) >= 11 is 1.78. The molecule has 0 saturated heterocycles. The number of thiophene rings is 1. The maximum absolute atomic E-state index is 3.57. The molecule has 1 aromatic rings. The van der Waals surface area contributed by atoms with E-state index in [0.717, 1.165) is 6.54 Å². The molecule has 86 valence electrons. The third-order valence-corrected chi connectivity index (χ3v) is 3.48. The maximum atomic E-state index is 3.57. The molecule has 0 fully saturated rings. The molecule has 1 heterocycles. The van der Waals surface area contributed by atoms with Gasteiger partial charge < -0.3 is 5.32 Å². The van der Waals surface area contributed by atoms with Crippen LogP contribution < -0.4 is 5.32 Å². The van der Waals surface area contributed by atoms with Gasteiger partial charge in [-0.05, 0) is 42.3 Å². The predicted molar refractivity (Wildman–Crippen MR) is 69.5 cm³/mol. The fourth-order valence-electron chi connectivity index (χ4n) is 1.69. The summed E-state index contributed by atoms with van der Waals surface area (Å²) in [5, 5.41) is 7.95. The van der Waals surface area contributed by atoms with Crippen molar-refractivity contribution in [1.29, 1.82) is 0 Å². The Morgan fingerprint density at radius 3 is 2.73 bits per heavy atom. The zero-order valence-electron chi connectivity index (χ0n) is 9.96. The summed E-state index contributed by atoms with van der Waals surface area (Å²) in [6, 6.07) is 2.72. The Morgan fingerprint density at radius 2 is 2.07 bits per heavy atom. The largest absolute Gasteiger partial charge is 0.310 e. The molecule has 0 aliphatic heterocycles. The van der Waals surface area contributed by atoms with Crippen LogP contribution in [0.1, 0.15) is 57.6 Å². The monoisotopic (exact) mass is 225 g/mol. The lowest BCUT2D eigenvalue weighted by Crippen LogP contribution is -2.19. The number of rotatable bonds is 8. The van der Waals surface area contributed by atoms with Crippen LogP contribution in [0.2, 0.25) is 0 Å². The minimum Gasteiger partial charge on any atom is -0.310 e. The Labute approximate surface area is 97.9 Å². The molecule has 1 N–H and O–H groups in total. The Hall–Kier alpha value is -0.340. The van der Waals surface area contributed by atoms with Gasteiger partial charge in [0.2, 0.25) is 0 Å². The quantitative estimate of drug-likeness (QED) is 0.648. The number of nitrogens with one attached hydrogen (secondary N) is 1. The topological polar surface area (TPSA) is 12.0 Å². The van der Waals surface area contributed by atoms with Crippen molar-refractivity contribution in [3.8, 4) is 0 Å². The van der Waals surface area contributed by atoms with E-state index in [1.807, 2.05) is 0 Å². The first kappa shape index (κ1) is 12.7. The van der Waals surface area contributed by atoms with E-state index in [1.165, 1.54) is 37.7 Å². The number of unbranched alkanes of at least 4 members (excludes halogenated alkanes) is 4. The average molecular weight is 225 g/mol. The van der Waals surface area contributed by atoms with Crippen molar-refractivity contribution < 1.29 is 0 Å². The molecular formula is C13H23NS. The van der Waals surface area contributed by atoms with Crippen molar-refractivity contribution in [2.75, 3.05) is 6.54 Å². The van der Waals surface area contributed by atoms with Crippen LogP contribution in [0.4, 0.5) is 0 Å². The van der Waals surface area contributed by atoms with Crippen LogP contribution in [0.5, 0.6) is 0 Å². The normalized spacial score (nSPS) is 12.9. The van der Waals surface area contributed by atoms with Gasteiger partial charge in [0, 0.05) is 6.04 Å². The van der Waals surface area contributed by atoms with E-state index in [2.05, 4.69) is 36.0 Å². The van der Waals surface area contributed by atoms with Gasteiger partial charge in [0.25, 0.3) is 0 Å². The van der Waals surface area contributed by atoms with Crippen molar-refractivity contribution in [2.45, 2.75) is 52.0 Å². The van der Waals surface area contributed by atoms with E-state index in [-0.39, 0.29) is 0 Å². The summed E-state index contributed by atoms with van der Waals surface area (Å²) in [6.07, 6.45) is 6.80. The molecule has 0 aliphatic rings. The zero-order valence-corrected chi connectivity index (χ0v) is 10.8. The summed E-state index contributed by atoms with van der Waals surface area (Å²) in [7, 11) is 0. The second-order valence-electron chi connectivity index (χ2n) is 4.15. The smallest absolute Gasteiger partial charge is 0.0300 e. The summed E-state index contributed by atoms with van der Waals surface area (Å²) in [5.74, 6) is 0. The van der Waals surface area contributed by atoms with E-state index in [0.29, 0.717) is 6.04 Å². The molecule has 1 nitrogen and oxygen atoms in total. The molecule has 15 heavy (non-hydrogen) atoms. The SMILES string of the molecule is CCCCCCCNC(C)c1ccsc1. The van der Waals surface area contributed by atoms with Crippen LogP contribution in [-0.4, -0.2) is 6.54 Å². The lowest BCUT2D eigenvalue weighted by atomic mass is 10.1. The van der Waals surface area contributed by atoms with Crippen LogP contribution in [0.3, 0.4) is 0 Å². The highest BCUT2D eigenvalue weighted by Crippen LogP contribution is 2.15. The van der Waals surface area contributed by atoms with E-state index < -0.39 is 0 Å². The van der Waals surface area contributed by atoms with Gasteiger partial charge in [0.1, 0.15) is 0 Å². The molecule has 0 aliphatic carbocycles. The summed E-state index contributed by atoms with van der Waals surface area (Å²) in [4.78, 5) is 0. The third-order valence-electron chi connectivity index (χ3n) is 2.77. The van der Waals surface area contributed by atoms with E-state index in [1.54, 1.807) is 11.3 Å². The fraction of sp³-hybridized carbons (Fsp3) is 0.692. The molecule has 0 radical (unpaired) electrons. The van der Waals surface area contributed by atoms with E-state index >= 15 is 0 Å². The Kier molecular flexibility index (Phi) is 6.69. The molecule has 0 bridgehead atoms. The highest BCUT2D eigenvalue weighted by Gasteiger charge is 2.03. The molecule has 1 aromatic heterocycles. The van der Waals surface area contributed by atoms with E-state index in [4.69, 9.17) is 0 Å². The first-order chi connectivity index (χ1) is 7.34. The van der Waals surface area contributed by atoms with E-state index in [9.17, 15) is 0 Å². The van der Waals surface area contributed by atoms with Crippen molar-refractivity contribution in [1.82, 2.24) is 5.32 Å². The Bertz CT molecular complexity index is 231. The lowest BCUT2D eigenvalue weighted by Gasteiger charge is -2.11. The Morgan fingerprint density at radius 1 is 1.27 bits per heavy atom. The van der Waals surface area contributed by atoms with Gasteiger partial charge in [-0.25, -0.2) is 0 Å². The summed E-state index contributed by atoms with van der Waals surface area (Å²) in [5.41, 5.74) is 1.42. The van der Waals surface area contributed by atoms with Crippen LogP contribution in [0.25, 0.3) is 0 Å².